The molecule has 0 unspecified atom stereocenters. The van der Waals surface area contributed by atoms with Crippen LogP contribution in [0.1, 0.15) is 24.2 Å². The minimum Gasteiger partial charge on any atom is -0.487 e. The minimum absolute atomic E-state index is 0.188. The summed E-state index contributed by atoms with van der Waals surface area (Å²) < 4.78 is 19.5. The van der Waals surface area contributed by atoms with Gasteiger partial charge in [0.2, 0.25) is 0 Å². The van der Waals surface area contributed by atoms with Gasteiger partial charge in [-0.1, -0.05) is 25.1 Å². The van der Waals surface area contributed by atoms with Crippen molar-refractivity contribution in [2.75, 3.05) is 42.7 Å². The number of aliphatic hydroxyl groups is 1. The largest absolute Gasteiger partial charge is 0.487 e. The molecule has 0 aromatic heterocycles. The Labute approximate surface area is 238 Å². The van der Waals surface area contributed by atoms with Gasteiger partial charge in [0.25, 0.3) is 5.91 Å². The number of aliphatic hydroxyl groups excluding tert-OH is 1. The molecule has 3 aromatic carbocycles. The number of rotatable bonds is 7. The van der Waals surface area contributed by atoms with Gasteiger partial charge in [0, 0.05) is 36.6 Å². The first-order valence-electron chi connectivity index (χ1n) is 13.3. The summed E-state index contributed by atoms with van der Waals surface area (Å²) in [5.41, 5.74) is 1.60. The number of urea groups is 2. The molecule has 0 radical (unpaired) electrons. The molecule has 0 bridgehead atoms. The quantitative estimate of drug-likeness (QED) is 0.327. The van der Waals surface area contributed by atoms with E-state index in [1.807, 2.05) is 25.1 Å². The van der Waals surface area contributed by atoms with Crippen LogP contribution in [-0.4, -0.2) is 71.8 Å². The van der Waals surface area contributed by atoms with E-state index < -0.39 is 24.0 Å². The molecule has 0 aliphatic carbocycles. The fourth-order valence-electron chi connectivity index (χ4n) is 4.44. The Bertz CT molecular complexity index is 1370. The van der Waals surface area contributed by atoms with Crippen LogP contribution >= 0.6 is 0 Å². The molecular weight excluding hydrogens is 529 g/mol. The first kappa shape index (κ1) is 29.3. The molecule has 1 heterocycles. The summed E-state index contributed by atoms with van der Waals surface area (Å²) in [6.45, 7) is 3.95. The molecule has 0 spiro atoms. The Hall–Kier alpha value is -4.64. The fourth-order valence-corrected chi connectivity index (χ4v) is 4.44. The third-order valence-electron chi connectivity index (χ3n) is 6.85. The summed E-state index contributed by atoms with van der Waals surface area (Å²) in [6, 6.07) is 17.8. The van der Waals surface area contributed by atoms with Crippen molar-refractivity contribution in [2.45, 2.75) is 26.0 Å². The predicted molar refractivity (Wildman–Crippen MR) is 155 cm³/mol. The van der Waals surface area contributed by atoms with Gasteiger partial charge in [-0.25, -0.2) is 14.0 Å². The zero-order chi connectivity index (χ0) is 29.5. The number of nitrogens with one attached hydrogen (secondary N) is 3. The van der Waals surface area contributed by atoms with E-state index in [9.17, 15) is 23.9 Å². The molecular formula is C30H34FN5O5. The summed E-state index contributed by atoms with van der Waals surface area (Å²) in [7, 11) is 1.67. The highest BCUT2D eigenvalue weighted by atomic mass is 19.1. The molecule has 0 fully saturated rings. The fraction of sp³-hybridized carbons (Fsp3) is 0.300. The van der Waals surface area contributed by atoms with Gasteiger partial charge in [-0.2, -0.15) is 0 Å². The van der Waals surface area contributed by atoms with Crippen LogP contribution in [0.2, 0.25) is 0 Å². The third-order valence-corrected chi connectivity index (χ3v) is 6.85. The van der Waals surface area contributed by atoms with E-state index >= 15 is 0 Å². The number of halogens is 1. The Kier molecular flexibility index (Phi) is 9.41. The number of para-hydroxylation sites is 1. The second-order valence-corrected chi connectivity index (χ2v) is 10.1. The molecule has 4 N–H and O–H groups in total. The summed E-state index contributed by atoms with van der Waals surface area (Å²) in [5, 5.41) is 18.0. The SMILES string of the molecule is C[C@@H]1CN([C@H](C)CO)C(=O)c2cc(NC(=O)Nc3ccc(F)cc3)ccc2O[C@@H]1CN(C)C(=O)Nc1ccccc1. The zero-order valence-electron chi connectivity index (χ0n) is 23.1. The van der Waals surface area contributed by atoms with Crippen LogP contribution in [0.4, 0.5) is 31.0 Å². The highest BCUT2D eigenvalue weighted by molar-refractivity contribution is 6.02. The molecule has 1 aliphatic heterocycles. The lowest BCUT2D eigenvalue weighted by atomic mass is 9.99. The molecule has 4 rings (SSSR count). The highest BCUT2D eigenvalue weighted by Crippen LogP contribution is 2.31. The van der Waals surface area contributed by atoms with E-state index in [1.54, 1.807) is 43.1 Å². The number of carbonyl (C=O) groups excluding carboxylic acids is 3. The van der Waals surface area contributed by atoms with Gasteiger partial charge in [0.05, 0.1) is 24.8 Å². The van der Waals surface area contributed by atoms with Crippen LogP contribution in [0.25, 0.3) is 0 Å². The number of amides is 5. The third kappa shape index (κ3) is 7.52. The molecule has 3 aromatic rings. The lowest BCUT2D eigenvalue weighted by Gasteiger charge is -2.38. The summed E-state index contributed by atoms with van der Waals surface area (Å²) >= 11 is 0. The van der Waals surface area contributed by atoms with Crippen molar-refractivity contribution in [1.29, 1.82) is 0 Å². The topological polar surface area (TPSA) is 123 Å². The second-order valence-electron chi connectivity index (χ2n) is 10.1. The average Bonchev–Trinajstić information content (AvgIpc) is 2.96. The lowest BCUT2D eigenvalue weighted by Crippen LogP contribution is -2.50. The molecule has 5 amide bonds. The molecule has 0 saturated carbocycles. The smallest absolute Gasteiger partial charge is 0.323 e. The van der Waals surface area contributed by atoms with Crippen molar-refractivity contribution in [3.05, 3.63) is 84.2 Å². The van der Waals surface area contributed by atoms with Gasteiger partial charge < -0.3 is 35.6 Å². The van der Waals surface area contributed by atoms with Crippen molar-refractivity contribution < 1.29 is 28.6 Å². The molecule has 10 nitrogen and oxygen atoms in total. The number of hydrogen-bond donors (Lipinski definition) is 4. The number of hydrogen-bond acceptors (Lipinski definition) is 5. The Morgan fingerprint density at radius 2 is 1.66 bits per heavy atom. The molecule has 1 aliphatic rings. The van der Waals surface area contributed by atoms with Crippen molar-refractivity contribution in [2.24, 2.45) is 5.92 Å². The van der Waals surface area contributed by atoms with E-state index in [2.05, 4.69) is 16.0 Å². The van der Waals surface area contributed by atoms with Crippen molar-refractivity contribution in [3.8, 4) is 5.75 Å². The summed E-state index contributed by atoms with van der Waals surface area (Å²) in [5.74, 6) is -0.673. The minimum atomic E-state index is -0.575. The van der Waals surface area contributed by atoms with Crippen molar-refractivity contribution in [1.82, 2.24) is 9.80 Å². The van der Waals surface area contributed by atoms with Crippen LogP contribution in [0.5, 0.6) is 5.75 Å². The number of carbonyl (C=O) groups is 3. The Morgan fingerprint density at radius 1 is 1.02 bits per heavy atom. The van der Waals surface area contributed by atoms with Gasteiger partial charge in [-0.15, -0.1) is 0 Å². The lowest BCUT2D eigenvalue weighted by molar-refractivity contribution is 0.0371. The highest BCUT2D eigenvalue weighted by Gasteiger charge is 2.34. The monoisotopic (exact) mass is 563 g/mol. The molecule has 41 heavy (non-hydrogen) atoms. The van der Waals surface area contributed by atoms with Gasteiger partial charge >= 0.3 is 12.1 Å². The molecule has 216 valence electrons. The van der Waals surface area contributed by atoms with Crippen LogP contribution in [0.3, 0.4) is 0 Å². The maximum Gasteiger partial charge on any atom is 0.323 e. The predicted octanol–water partition coefficient (Wildman–Crippen LogP) is 4.85. The number of ether oxygens (including phenoxy) is 1. The standard InChI is InChI=1S/C30H34FN5O5/c1-19-16-36(20(2)18-37)28(38)25-15-24(33-29(39)32-23-11-9-21(31)10-12-23)13-14-26(25)41-27(19)17-35(3)30(40)34-22-7-5-4-6-8-22/h4-15,19-20,27,37H,16-18H2,1-3H3,(H,34,40)(H2,32,33,39)/t19-,20-,27-/m1/s1. The van der Waals surface area contributed by atoms with Crippen molar-refractivity contribution in [3.63, 3.8) is 0 Å². The normalized spacial score (nSPS) is 17.3. The van der Waals surface area contributed by atoms with E-state index in [1.165, 1.54) is 35.2 Å². The first-order valence-corrected chi connectivity index (χ1v) is 13.3. The van der Waals surface area contributed by atoms with E-state index in [0.29, 0.717) is 22.8 Å². The number of nitrogens with zero attached hydrogens (tertiary/aromatic N) is 2. The second kappa shape index (κ2) is 13.1. The van der Waals surface area contributed by atoms with Crippen LogP contribution in [-0.2, 0) is 0 Å². The molecule has 11 heteroatoms. The maximum absolute atomic E-state index is 13.6. The number of anilines is 3. The van der Waals surface area contributed by atoms with Crippen LogP contribution < -0.4 is 20.7 Å². The summed E-state index contributed by atoms with van der Waals surface area (Å²) in [4.78, 5) is 42.1. The van der Waals surface area contributed by atoms with E-state index in [0.717, 1.165) is 0 Å². The zero-order valence-corrected chi connectivity index (χ0v) is 23.1. The molecule has 3 atom stereocenters. The number of benzene rings is 3. The van der Waals surface area contributed by atoms with E-state index in [4.69, 9.17) is 4.74 Å². The maximum atomic E-state index is 13.6. The number of fused-ring (bicyclic) bond motifs is 1. The summed E-state index contributed by atoms with van der Waals surface area (Å²) in [6.07, 6.45) is -0.484. The number of likely N-dealkylation sites (N-methyl/N-ethyl adjacent to an activating group) is 1. The molecule has 0 saturated heterocycles. The van der Waals surface area contributed by atoms with Gasteiger partial charge in [-0.3, -0.25) is 4.79 Å². The van der Waals surface area contributed by atoms with Crippen LogP contribution in [0.15, 0.2) is 72.8 Å². The Balaban J connectivity index is 1.55. The first-order chi connectivity index (χ1) is 19.6. The Morgan fingerprint density at radius 3 is 2.34 bits per heavy atom. The van der Waals surface area contributed by atoms with Gasteiger partial charge in [0.15, 0.2) is 0 Å². The van der Waals surface area contributed by atoms with Crippen molar-refractivity contribution >= 4 is 35.0 Å². The van der Waals surface area contributed by atoms with E-state index in [-0.39, 0.29) is 43.1 Å². The van der Waals surface area contributed by atoms with Gasteiger partial charge in [-0.05, 0) is 61.5 Å². The van der Waals surface area contributed by atoms with Crippen LogP contribution in [0, 0.1) is 11.7 Å². The average molecular weight is 564 g/mol. The van der Waals surface area contributed by atoms with Gasteiger partial charge in [0.1, 0.15) is 17.7 Å².